The molecule has 1 heterocycles. The molecule has 33 heavy (non-hydrogen) atoms. The van der Waals surface area contributed by atoms with Crippen LogP contribution in [0.15, 0.2) is 30.3 Å². The highest BCUT2D eigenvalue weighted by Gasteiger charge is 2.37. The molecule has 2 saturated carbocycles. The van der Waals surface area contributed by atoms with E-state index in [9.17, 15) is 10.2 Å². The minimum Gasteiger partial charge on any atom is -0.490 e. The quantitative estimate of drug-likeness (QED) is 0.552. The topological polar surface area (TPSA) is 52.9 Å². The van der Waals surface area contributed by atoms with Crippen molar-refractivity contribution in [3.8, 4) is 5.75 Å². The molecule has 3 fully saturated rings. The Bertz CT molecular complexity index is 931. The van der Waals surface area contributed by atoms with Gasteiger partial charge >= 0.3 is 0 Å². The molecule has 1 saturated heterocycles. The molecule has 1 spiro atoms. The number of fused-ring (bicyclic) bond motifs is 1. The van der Waals surface area contributed by atoms with Crippen molar-refractivity contribution in [2.75, 3.05) is 13.1 Å². The third-order valence-corrected chi connectivity index (χ3v) is 8.96. The van der Waals surface area contributed by atoms with Gasteiger partial charge in [-0.05, 0) is 99.2 Å². The number of aliphatic hydroxyl groups excluding tert-OH is 1. The summed E-state index contributed by atoms with van der Waals surface area (Å²) in [6, 6.07) is 11.0. The molecule has 0 amide bonds. The molecule has 4 nitrogen and oxygen atoms in total. The van der Waals surface area contributed by atoms with Crippen LogP contribution in [0.1, 0.15) is 81.8 Å². The van der Waals surface area contributed by atoms with Gasteiger partial charge in [-0.25, -0.2) is 0 Å². The number of hydrogen-bond donors (Lipinski definition) is 2. The van der Waals surface area contributed by atoms with Gasteiger partial charge in [-0.1, -0.05) is 43.5 Å². The van der Waals surface area contributed by atoms with E-state index in [-0.39, 0.29) is 5.92 Å². The van der Waals surface area contributed by atoms with Crippen LogP contribution in [0.4, 0.5) is 0 Å². The zero-order chi connectivity index (χ0) is 22.8. The van der Waals surface area contributed by atoms with Crippen LogP contribution in [0.3, 0.4) is 0 Å². The first-order valence-corrected chi connectivity index (χ1v) is 13.3. The van der Waals surface area contributed by atoms with Crippen molar-refractivity contribution in [2.24, 2.45) is 11.3 Å². The minimum absolute atomic E-state index is 0.000999. The highest BCUT2D eigenvalue weighted by Crippen LogP contribution is 2.48. The van der Waals surface area contributed by atoms with Gasteiger partial charge in [0.25, 0.3) is 0 Å². The van der Waals surface area contributed by atoms with Gasteiger partial charge in [0.1, 0.15) is 5.75 Å². The lowest BCUT2D eigenvalue weighted by molar-refractivity contribution is -0.0985. The first-order chi connectivity index (χ1) is 16.0. The van der Waals surface area contributed by atoms with Gasteiger partial charge in [0.05, 0.1) is 6.10 Å². The average Bonchev–Trinajstić information content (AvgIpc) is 2.84. The largest absolute Gasteiger partial charge is 0.490 e. The SMILES string of the molecule is Cc1cc(OC2CCC3(CCCCC3)CC2)c(CN2CCC(C(O)O)CC2)c2ccccc12. The molecule has 4 heteroatoms. The highest BCUT2D eigenvalue weighted by molar-refractivity contribution is 5.90. The van der Waals surface area contributed by atoms with Gasteiger partial charge in [0.15, 0.2) is 6.29 Å². The second-order valence-corrected chi connectivity index (χ2v) is 11.1. The molecular weight excluding hydrogens is 410 g/mol. The molecule has 0 atom stereocenters. The first-order valence-electron chi connectivity index (χ1n) is 13.3. The molecule has 2 aliphatic carbocycles. The van der Waals surface area contributed by atoms with Gasteiger partial charge in [-0.2, -0.15) is 0 Å². The molecule has 0 radical (unpaired) electrons. The van der Waals surface area contributed by atoms with Crippen LogP contribution >= 0.6 is 0 Å². The van der Waals surface area contributed by atoms with E-state index in [1.54, 1.807) is 0 Å². The maximum atomic E-state index is 9.56. The van der Waals surface area contributed by atoms with Crippen molar-refractivity contribution < 1.29 is 14.9 Å². The fraction of sp³-hybridized carbons (Fsp3) is 0.655. The van der Waals surface area contributed by atoms with E-state index in [1.807, 2.05) is 0 Å². The molecule has 2 aromatic carbocycles. The predicted molar refractivity (Wildman–Crippen MR) is 133 cm³/mol. The Kier molecular flexibility index (Phi) is 6.96. The van der Waals surface area contributed by atoms with Crippen molar-refractivity contribution in [3.63, 3.8) is 0 Å². The monoisotopic (exact) mass is 451 g/mol. The smallest absolute Gasteiger partial charge is 0.154 e. The maximum absolute atomic E-state index is 9.56. The summed E-state index contributed by atoms with van der Waals surface area (Å²) in [6.07, 6.45) is 13.0. The van der Waals surface area contributed by atoms with Crippen molar-refractivity contribution in [2.45, 2.75) is 96.5 Å². The third-order valence-electron chi connectivity index (χ3n) is 8.96. The van der Waals surface area contributed by atoms with Crippen molar-refractivity contribution in [1.29, 1.82) is 0 Å². The van der Waals surface area contributed by atoms with Gasteiger partial charge in [-0.15, -0.1) is 0 Å². The van der Waals surface area contributed by atoms with E-state index in [1.165, 1.54) is 79.7 Å². The molecule has 1 aliphatic heterocycles. The predicted octanol–water partition coefficient (Wildman–Crippen LogP) is 5.94. The fourth-order valence-corrected chi connectivity index (χ4v) is 6.79. The van der Waals surface area contributed by atoms with Crippen LogP contribution in [-0.2, 0) is 6.54 Å². The van der Waals surface area contributed by atoms with Crippen LogP contribution in [0, 0.1) is 18.3 Å². The summed E-state index contributed by atoms with van der Waals surface area (Å²) in [5.41, 5.74) is 3.20. The summed E-state index contributed by atoms with van der Waals surface area (Å²) >= 11 is 0. The van der Waals surface area contributed by atoms with E-state index in [0.717, 1.165) is 38.2 Å². The zero-order valence-corrected chi connectivity index (χ0v) is 20.3. The van der Waals surface area contributed by atoms with Gasteiger partial charge in [-0.3, -0.25) is 4.90 Å². The molecular formula is C29H41NO3. The summed E-state index contributed by atoms with van der Waals surface area (Å²) < 4.78 is 6.80. The maximum Gasteiger partial charge on any atom is 0.154 e. The Labute approximate surface area is 198 Å². The van der Waals surface area contributed by atoms with Gasteiger partial charge in [0, 0.05) is 18.0 Å². The molecule has 0 unspecified atom stereocenters. The molecule has 2 N–H and O–H groups in total. The number of nitrogens with zero attached hydrogens (tertiary/aromatic N) is 1. The lowest BCUT2D eigenvalue weighted by atomic mass is 9.65. The van der Waals surface area contributed by atoms with Crippen molar-refractivity contribution >= 4 is 10.8 Å². The number of likely N-dealkylation sites (tertiary alicyclic amines) is 1. The third kappa shape index (κ3) is 5.08. The van der Waals surface area contributed by atoms with Crippen LogP contribution < -0.4 is 4.74 Å². The molecule has 0 bridgehead atoms. The summed E-state index contributed by atoms with van der Waals surface area (Å²) in [7, 11) is 0. The summed E-state index contributed by atoms with van der Waals surface area (Å²) in [6.45, 7) is 4.86. The minimum atomic E-state index is -1.19. The number of hydrogen-bond acceptors (Lipinski definition) is 4. The number of piperidine rings is 1. The Morgan fingerprint density at radius 1 is 0.939 bits per heavy atom. The van der Waals surface area contributed by atoms with Gasteiger partial charge in [0.2, 0.25) is 0 Å². The Morgan fingerprint density at radius 2 is 1.61 bits per heavy atom. The van der Waals surface area contributed by atoms with Crippen LogP contribution in [0.2, 0.25) is 0 Å². The average molecular weight is 452 g/mol. The lowest BCUT2D eigenvalue weighted by Crippen LogP contribution is -2.37. The van der Waals surface area contributed by atoms with E-state index in [4.69, 9.17) is 4.74 Å². The second-order valence-electron chi connectivity index (χ2n) is 11.1. The standard InChI is InChI=1S/C29H41NO3/c1-21-19-27(33-23-9-15-29(16-10-23)13-5-2-6-14-29)26(25-8-4-3-7-24(21)25)20-30-17-11-22(12-18-30)28(31)32/h3-4,7-8,19,22-23,28,31-32H,2,5-6,9-18,20H2,1H3. The van der Waals surface area contributed by atoms with Crippen LogP contribution in [-0.4, -0.2) is 40.6 Å². The number of aliphatic hydroxyl groups is 2. The molecule has 2 aromatic rings. The normalized spacial score (nSPS) is 22.9. The number of benzene rings is 2. The van der Waals surface area contributed by atoms with E-state index in [2.05, 4.69) is 42.2 Å². The molecule has 5 rings (SSSR count). The Hall–Kier alpha value is -1.62. The Balaban J connectivity index is 1.35. The summed E-state index contributed by atoms with van der Waals surface area (Å²) in [5, 5.41) is 21.7. The van der Waals surface area contributed by atoms with Crippen LogP contribution in [0.5, 0.6) is 5.75 Å². The summed E-state index contributed by atoms with van der Waals surface area (Å²) in [4.78, 5) is 2.46. The van der Waals surface area contributed by atoms with Crippen molar-refractivity contribution in [1.82, 2.24) is 4.90 Å². The first kappa shape index (κ1) is 23.1. The summed E-state index contributed by atoms with van der Waals surface area (Å²) in [5.74, 6) is 1.07. The molecule has 0 aromatic heterocycles. The number of rotatable bonds is 5. The fourth-order valence-electron chi connectivity index (χ4n) is 6.79. The number of ether oxygens (including phenoxy) is 1. The van der Waals surface area contributed by atoms with Crippen LogP contribution in [0.25, 0.3) is 10.8 Å². The van der Waals surface area contributed by atoms with E-state index < -0.39 is 6.29 Å². The van der Waals surface area contributed by atoms with E-state index in [0.29, 0.717) is 11.5 Å². The zero-order valence-electron chi connectivity index (χ0n) is 20.3. The van der Waals surface area contributed by atoms with E-state index >= 15 is 0 Å². The van der Waals surface area contributed by atoms with Crippen molar-refractivity contribution in [3.05, 3.63) is 41.5 Å². The Morgan fingerprint density at radius 3 is 2.27 bits per heavy atom. The lowest BCUT2D eigenvalue weighted by Gasteiger charge is -2.43. The molecule has 180 valence electrons. The van der Waals surface area contributed by atoms with Gasteiger partial charge < -0.3 is 14.9 Å². The number of aryl methyl sites for hydroxylation is 1. The second kappa shape index (κ2) is 9.93. The molecule has 3 aliphatic rings. The highest BCUT2D eigenvalue weighted by atomic mass is 16.5.